The Morgan fingerprint density at radius 1 is 1.04 bits per heavy atom. The number of thiocarbonyl (C=S) groups is 1. The Balaban J connectivity index is 2.09. The standard InChI is InChI=1S/C19H22F2N2O2S/c1-19(2,3)12-5-10-16(24-4)15(11-12)23-18(26)22-13-6-8-14(9-7-13)25-17(20)21/h5-11,17H,1-4H3,(H2,22,23,26). The van der Waals surface area contributed by atoms with Crippen LogP contribution in [0.1, 0.15) is 26.3 Å². The van der Waals surface area contributed by atoms with Crippen molar-refractivity contribution in [1.82, 2.24) is 0 Å². The molecule has 0 aromatic heterocycles. The van der Waals surface area contributed by atoms with E-state index >= 15 is 0 Å². The molecule has 140 valence electrons. The molecule has 26 heavy (non-hydrogen) atoms. The van der Waals surface area contributed by atoms with Gasteiger partial charge in [0, 0.05) is 5.69 Å². The van der Waals surface area contributed by atoms with Gasteiger partial charge in [0.15, 0.2) is 5.11 Å². The van der Waals surface area contributed by atoms with Gasteiger partial charge in [0.05, 0.1) is 12.8 Å². The second-order valence-corrected chi connectivity index (χ2v) is 7.06. The highest BCUT2D eigenvalue weighted by atomic mass is 32.1. The second kappa shape index (κ2) is 8.31. The highest BCUT2D eigenvalue weighted by Gasteiger charge is 2.16. The molecule has 0 amide bonds. The largest absolute Gasteiger partial charge is 0.495 e. The van der Waals surface area contributed by atoms with Gasteiger partial charge in [0.1, 0.15) is 11.5 Å². The summed E-state index contributed by atoms with van der Waals surface area (Å²) in [5, 5.41) is 6.47. The van der Waals surface area contributed by atoms with E-state index in [-0.39, 0.29) is 11.2 Å². The number of anilines is 2. The third kappa shape index (κ3) is 5.56. The molecule has 0 aliphatic heterocycles. The molecule has 4 nitrogen and oxygen atoms in total. The zero-order valence-corrected chi connectivity index (χ0v) is 15.9. The van der Waals surface area contributed by atoms with E-state index in [0.717, 1.165) is 11.3 Å². The summed E-state index contributed by atoms with van der Waals surface area (Å²) < 4.78 is 34.1. The first-order valence-corrected chi connectivity index (χ1v) is 8.41. The van der Waals surface area contributed by atoms with Crippen molar-refractivity contribution in [2.75, 3.05) is 17.7 Å². The molecule has 0 saturated carbocycles. The fourth-order valence-electron chi connectivity index (χ4n) is 2.28. The summed E-state index contributed by atoms with van der Waals surface area (Å²) in [6.45, 7) is 3.52. The molecule has 0 fully saturated rings. The van der Waals surface area contributed by atoms with Crippen molar-refractivity contribution in [3.63, 3.8) is 0 Å². The summed E-state index contributed by atoms with van der Waals surface area (Å²) in [4.78, 5) is 0. The second-order valence-electron chi connectivity index (χ2n) is 6.65. The van der Waals surface area contributed by atoms with E-state index in [0.29, 0.717) is 16.5 Å². The lowest BCUT2D eigenvalue weighted by atomic mass is 9.87. The van der Waals surface area contributed by atoms with E-state index in [1.165, 1.54) is 12.1 Å². The monoisotopic (exact) mass is 380 g/mol. The van der Waals surface area contributed by atoms with E-state index in [2.05, 4.69) is 36.1 Å². The van der Waals surface area contributed by atoms with Crippen LogP contribution in [0.15, 0.2) is 42.5 Å². The maximum absolute atomic E-state index is 12.2. The molecule has 0 aliphatic rings. The first-order valence-electron chi connectivity index (χ1n) is 8.00. The molecule has 2 N–H and O–H groups in total. The highest BCUT2D eigenvalue weighted by Crippen LogP contribution is 2.31. The van der Waals surface area contributed by atoms with Crippen LogP contribution in [0, 0.1) is 0 Å². The number of benzene rings is 2. The van der Waals surface area contributed by atoms with Crippen LogP contribution in [0.25, 0.3) is 0 Å². The lowest BCUT2D eigenvalue weighted by Gasteiger charge is -2.22. The van der Waals surface area contributed by atoms with Crippen LogP contribution >= 0.6 is 12.2 Å². The minimum absolute atomic E-state index is 0.0156. The number of alkyl halides is 2. The Morgan fingerprint density at radius 3 is 2.23 bits per heavy atom. The van der Waals surface area contributed by atoms with Crippen molar-refractivity contribution < 1.29 is 18.3 Å². The van der Waals surface area contributed by atoms with E-state index in [9.17, 15) is 8.78 Å². The quantitative estimate of drug-likeness (QED) is 0.680. The first kappa shape index (κ1) is 19.9. The number of halogens is 2. The van der Waals surface area contributed by atoms with Crippen molar-refractivity contribution in [3.8, 4) is 11.5 Å². The fraction of sp³-hybridized carbons (Fsp3) is 0.316. The Kier molecular flexibility index (Phi) is 6.37. The number of ether oxygens (including phenoxy) is 2. The number of rotatable bonds is 5. The highest BCUT2D eigenvalue weighted by molar-refractivity contribution is 7.80. The molecule has 2 aromatic rings. The molecule has 2 aromatic carbocycles. The number of hydrogen-bond acceptors (Lipinski definition) is 3. The lowest BCUT2D eigenvalue weighted by molar-refractivity contribution is -0.0498. The minimum atomic E-state index is -2.85. The van der Waals surface area contributed by atoms with E-state index in [1.807, 2.05) is 18.2 Å². The molecule has 0 radical (unpaired) electrons. The fourth-order valence-corrected chi connectivity index (χ4v) is 2.50. The van der Waals surface area contributed by atoms with Crippen molar-refractivity contribution in [2.45, 2.75) is 32.8 Å². The van der Waals surface area contributed by atoms with Crippen LogP contribution in [-0.4, -0.2) is 18.8 Å². The van der Waals surface area contributed by atoms with Gasteiger partial charge in [-0.05, 0) is 59.6 Å². The lowest BCUT2D eigenvalue weighted by Crippen LogP contribution is -2.20. The molecule has 0 heterocycles. The van der Waals surface area contributed by atoms with Crippen molar-refractivity contribution in [1.29, 1.82) is 0 Å². The Bertz CT molecular complexity index is 759. The number of nitrogens with one attached hydrogen (secondary N) is 2. The molecule has 2 rings (SSSR count). The Hall–Kier alpha value is -2.41. The molecule has 7 heteroatoms. The predicted molar refractivity (Wildman–Crippen MR) is 105 cm³/mol. The van der Waals surface area contributed by atoms with E-state index in [1.54, 1.807) is 19.2 Å². The third-order valence-electron chi connectivity index (χ3n) is 3.65. The van der Waals surface area contributed by atoms with Crippen molar-refractivity contribution in [3.05, 3.63) is 48.0 Å². The molecule has 0 spiro atoms. The normalized spacial score (nSPS) is 11.2. The Morgan fingerprint density at radius 2 is 1.69 bits per heavy atom. The zero-order chi connectivity index (χ0) is 19.3. The smallest absolute Gasteiger partial charge is 0.387 e. The van der Waals surface area contributed by atoms with Gasteiger partial charge in [-0.25, -0.2) is 0 Å². The van der Waals surface area contributed by atoms with E-state index in [4.69, 9.17) is 17.0 Å². The van der Waals surface area contributed by atoms with Crippen LogP contribution in [0.5, 0.6) is 11.5 Å². The van der Waals surface area contributed by atoms with Crippen molar-refractivity contribution >= 4 is 28.7 Å². The predicted octanol–water partition coefficient (Wildman–Crippen LogP) is 5.40. The van der Waals surface area contributed by atoms with Gasteiger partial charge in [-0.15, -0.1) is 0 Å². The van der Waals surface area contributed by atoms with Crippen LogP contribution in [0.2, 0.25) is 0 Å². The van der Waals surface area contributed by atoms with Crippen LogP contribution < -0.4 is 20.1 Å². The van der Waals surface area contributed by atoms with Gasteiger partial charge >= 0.3 is 6.61 Å². The topological polar surface area (TPSA) is 42.5 Å². The molecule has 0 saturated heterocycles. The summed E-state index contributed by atoms with van der Waals surface area (Å²) in [7, 11) is 1.59. The van der Waals surface area contributed by atoms with Gasteiger partial charge in [-0.3, -0.25) is 0 Å². The summed E-state index contributed by atoms with van der Waals surface area (Å²) in [5.41, 5.74) is 2.51. The summed E-state index contributed by atoms with van der Waals surface area (Å²) in [6, 6.07) is 12.0. The molecule has 0 aliphatic carbocycles. The van der Waals surface area contributed by atoms with Crippen LogP contribution in [0.4, 0.5) is 20.2 Å². The van der Waals surface area contributed by atoms with Gasteiger partial charge in [-0.2, -0.15) is 8.78 Å². The first-order chi connectivity index (χ1) is 12.2. The van der Waals surface area contributed by atoms with Gasteiger partial charge in [0.2, 0.25) is 0 Å². The molecular weight excluding hydrogens is 358 g/mol. The molecular formula is C19H22F2N2O2S. The maximum Gasteiger partial charge on any atom is 0.387 e. The van der Waals surface area contributed by atoms with Crippen LogP contribution in [-0.2, 0) is 5.41 Å². The molecule has 0 atom stereocenters. The van der Waals surface area contributed by atoms with Crippen molar-refractivity contribution in [2.24, 2.45) is 0 Å². The summed E-state index contributed by atoms with van der Waals surface area (Å²) in [6.07, 6.45) is 0. The molecule has 0 bridgehead atoms. The van der Waals surface area contributed by atoms with Gasteiger partial charge in [-0.1, -0.05) is 26.8 Å². The van der Waals surface area contributed by atoms with E-state index < -0.39 is 6.61 Å². The number of methoxy groups -OCH3 is 1. The number of hydrogen-bond donors (Lipinski definition) is 2. The minimum Gasteiger partial charge on any atom is -0.495 e. The zero-order valence-electron chi connectivity index (χ0n) is 15.1. The van der Waals surface area contributed by atoms with Gasteiger partial charge in [0.25, 0.3) is 0 Å². The Labute approximate surface area is 157 Å². The molecule has 0 unspecified atom stereocenters. The average Bonchev–Trinajstić information content (AvgIpc) is 2.55. The maximum atomic E-state index is 12.2. The average molecular weight is 380 g/mol. The van der Waals surface area contributed by atoms with Crippen LogP contribution in [0.3, 0.4) is 0 Å². The van der Waals surface area contributed by atoms with Gasteiger partial charge < -0.3 is 20.1 Å². The third-order valence-corrected chi connectivity index (χ3v) is 3.86. The summed E-state index contributed by atoms with van der Waals surface area (Å²) in [5.74, 6) is 0.756. The SMILES string of the molecule is COc1ccc(C(C)(C)C)cc1NC(=S)Nc1ccc(OC(F)F)cc1. The summed E-state index contributed by atoms with van der Waals surface area (Å²) >= 11 is 5.34.